The molecule has 118 valence electrons. The first-order valence-electron chi connectivity index (χ1n) is 7.45. The molecule has 0 atom stereocenters. The fraction of sp³-hybridized carbons (Fsp3) is 0.222. The maximum Gasteiger partial charge on any atom is 0.182 e. The van der Waals surface area contributed by atoms with Gasteiger partial charge in [0, 0.05) is 17.0 Å². The number of amidine groups is 1. The first kappa shape index (κ1) is 15.6. The van der Waals surface area contributed by atoms with Crippen molar-refractivity contribution in [2.75, 3.05) is 30.9 Å². The second-order valence-electron chi connectivity index (χ2n) is 5.09. The Kier molecular flexibility index (Phi) is 4.98. The topological polar surface area (TPSA) is 41.9 Å². The number of anilines is 1. The van der Waals surface area contributed by atoms with Crippen LogP contribution >= 0.6 is 11.8 Å². The van der Waals surface area contributed by atoms with E-state index < -0.39 is 0 Å². The number of hydrogen-bond donors (Lipinski definition) is 0. The summed E-state index contributed by atoms with van der Waals surface area (Å²) < 4.78 is 5.20. The molecule has 1 aliphatic rings. The molecule has 0 N–H and O–H groups in total. The van der Waals surface area contributed by atoms with E-state index in [4.69, 9.17) is 4.74 Å². The van der Waals surface area contributed by atoms with Crippen LogP contribution < -0.4 is 9.64 Å². The molecule has 3 rings (SSSR count). The van der Waals surface area contributed by atoms with Gasteiger partial charge in [-0.3, -0.25) is 9.79 Å². The quantitative estimate of drug-likeness (QED) is 0.789. The second kappa shape index (κ2) is 7.33. The monoisotopic (exact) mass is 326 g/mol. The number of rotatable bonds is 5. The van der Waals surface area contributed by atoms with E-state index in [2.05, 4.69) is 4.99 Å². The van der Waals surface area contributed by atoms with E-state index in [1.807, 2.05) is 59.5 Å². The molecule has 0 aliphatic carbocycles. The molecule has 0 spiro atoms. The maximum atomic E-state index is 12.6. The Morgan fingerprint density at radius 1 is 1.17 bits per heavy atom. The molecule has 0 fully saturated rings. The van der Waals surface area contributed by atoms with Crippen LogP contribution in [0, 0.1) is 0 Å². The van der Waals surface area contributed by atoms with E-state index in [1.54, 1.807) is 18.9 Å². The number of Topliss-reactive ketones (excluding diaryl/α,β-unsaturated/α-hetero) is 1. The van der Waals surface area contributed by atoms with Gasteiger partial charge in [0.1, 0.15) is 5.75 Å². The number of nitrogens with zero attached hydrogens (tertiary/aromatic N) is 2. The third-order valence-corrected chi connectivity index (χ3v) is 4.58. The molecule has 0 saturated heterocycles. The predicted molar refractivity (Wildman–Crippen MR) is 95.9 cm³/mol. The van der Waals surface area contributed by atoms with Crippen molar-refractivity contribution < 1.29 is 9.53 Å². The normalized spacial score (nSPS) is 13.5. The standard InChI is InChI=1S/C18H18N2O2S/c1-22-16-9-7-15(8-10-16)20(18-19-11-12-23-18)13-17(21)14-5-3-2-4-6-14/h2-10H,11-13H2,1H3. The van der Waals surface area contributed by atoms with Gasteiger partial charge in [0.25, 0.3) is 0 Å². The number of thioether (sulfide) groups is 1. The van der Waals surface area contributed by atoms with Gasteiger partial charge in [0.05, 0.1) is 20.2 Å². The highest BCUT2D eigenvalue weighted by Gasteiger charge is 2.21. The van der Waals surface area contributed by atoms with Crippen LogP contribution in [-0.2, 0) is 0 Å². The lowest BCUT2D eigenvalue weighted by Crippen LogP contribution is -2.33. The summed E-state index contributed by atoms with van der Waals surface area (Å²) in [6.07, 6.45) is 0. The summed E-state index contributed by atoms with van der Waals surface area (Å²) in [5.41, 5.74) is 1.66. The zero-order valence-electron chi connectivity index (χ0n) is 12.9. The smallest absolute Gasteiger partial charge is 0.182 e. The van der Waals surface area contributed by atoms with Crippen molar-refractivity contribution in [1.82, 2.24) is 0 Å². The maximum absolute atomic E-state index is 12.6. The van der Waals surface area contributed by atoms with Crippen molar-refractivity contribution in [3.63, 3.8) is 0 Å². The van der Waals surface area contributed by atoms with Gasteiger partial charge in [-0.25, -0.2) is 0 Å². The molecular weight excluding hydrogens is 308 g/mol. The summed E-state index contributed by atoms with van der Waals surface area (Å²) in [4.78, 5) is 19.1. The number of methoxy groups -OCH3 is 1. The van der Waals surface area contributed by atoms with Crippen molar-refractivity contribution in [1.29, 1.82) is 0 Å². The van der Waals surface area contributed by atoms with Crippen molar-refractivity contribution in [3.8, 4) is 5.75 Å². The highest BCUT2D eigenvalue weighted by molar-refractivity contribution is 8.14. The van der Waals surface area contributed by atoms with Crippen LogP contribution in [0.1, 0.15) is 10.4 Å². The van der Waals surface area contributed by atoms with Gasteiger partial charge in [-0.15, -0.1) is 0 Å². The molecule has 0 bridgehead atoms. The summed E-state index contributed by atoms with van der Waals surface area (Å²) >= 11 is 1.68. The lowest BCUT2D eigenvalue weighted by atomic mass is 10.1. The Balaban J connectivity index is 1.85. The molecule has 0 radical (unpaired) electrons. The van der Waals surface area contributed by atoms with Crippen molar-refractivity contribution >= 4 is 28.4 Å². The summed E-state index contributed by atoms with van der Waals surface area (Å²) in [6, 6.07) is 17.1. The highest BCUT2D eigenvalue weighted by Crippen LogP contribution is 2.25. The highest BCUT2D eigenvalue weighted by atomic mass is 32.2. The zero-order chi connectivity index (χ0) is 16.1. The Bertz CT molecular complexity index is 699. The van der Waals surface area contributed by atoms with E-state index >= 15 is 0 Å². The van der Waals surface area contributed by atoms with Gasteiger partial charge in [0.15, 0.2) is 11.0 Å². The summed E-state index contributed by atoms with van der Waals surface area (Å²) in [6.45, 7) is 1.08. The predicted octanol–water partition coefficient (Wildman–Crippen LogP) is 3.49. The molecule has 1 aliphatic heterocycles. The largest absolute Gasteiger partial charge is 0.497 e. The zero-order valence-corrected chi connectivity index (χ0v) is 13.8. The summed E-state index contributed by atoms with van der Waals surface area (Å²) in [5.74, 6) is 1.84. The van der Waals surface area contributed by atoms with E-state index in [0.29, 0.717) is 0 Å². The number of benzene rings is 2. The molecule has 5 heteroatoms. The van der Waals surface area contributed by atoms with Crippen LogP contribution in [0.3, 0.4) is 0 Å². The number of aliphatic imine (C=N–C) groups is 1. The van der Waals surface area contributed by atoms with Crippen molar-refractivity contribution in [2.24, 2.45) is 4.99 Å². The summed E-state index contributed by atoms with van der Waals surface area (Å²) in [7, 11) is 1.64. The average Bonchev–Trinajstić information content (AvgIpc) is 3.15. The lowest BCUT2D eigenvalue weighted by molar-refractivity contribution is 0.100. The molecule has 2 aromatic carbocycles. The molecule has 0 aromatic heterocycles. The van der Waals surface area contributed by atoms with Crippen LogP contribution in [0.4, 0.5) is 5.69 Å². The molecule has 23 heavy (non-hydrogen) atoms. The number of hydrogen-bond acceptors (Lipinski definition) is 5. The van der Waals surface area contributed by atoms with Crippen LogP contribution in [0.25, 0.3) is 0 Å². The number of carbonyl (C=O) groups is 1. The molecule has 4 nitrogen and oxygen atoms in total. The Morgan fingerprint density at radius 3 is 2.52 bits per heavy atom. The number of ether oxygens (including phenoxy) is 1. The van der Waals surface area contributed by atoms with Gasteiger partial charge in [-0.05, 0) is 24.3 Å². The summed E-state index contributed by atoms with van der Waals surface area (Å²) in [5, 5.41) is 0.902. The van der Waals surface area contributed by atoms with Crippen LogP contribution in [0.5, 0.6) is 5.75 Å². The van der Waals surface area contributed by atoms with Crippen LogP contribution in [-0.4, -0.2) is 36.9 Å². The van der Waals surface area contributed by atoms with Crippen molar-refractivity contribution in [3.05, 3.63) is 60.2 Å². The fourth-order valence-electron chi connectivity index (χ4n) is 2.38. The Labute approximate surface area is 140 Å². The van der Waals surface area contributed by atoms with Gasteiger partial charge in [0.2, 0.25) is 0 Å². The molecular formula is C18H18N2O2S. The van der Waals surface area contributed by atoms with Crippen molar-refractivity contribution in [2.45, 2.75) is 0 Å². The molecule has 2 aromatic rings. The van der Waals surface area contributed by atoms with E-state index in [1.165, 1.54) is 0 Å². The molecule has 0 amide bonds. The lowest BCUT2D eigenvalue weighted by Gasteiger charge is -2.23. The Hall–Kier alpha value is -2.27. The minimum atomic E-state index is 0.0802. The minimum absolute atomic E-state index is 0.0802. The van der Waals surface area contributed by atoms with E-state index in [-0.39, 0.29) is 12.3 Å². The Morgan fingerprint density at radius 2 is 1.91 bits per heavy atom. The van der Waals surface area contributed by atoms with Gasteiger partial charge < -0.3 is 9.64 Å². The first-order valence-corrected chi connectivity index (χ1v) is 8.43. The van der Waals surface area contributed by atoms with E-state index in [9.17, 15) is 4.79 Å². The SMILES string of the molecule is COc1ccc(N(CC(=O)c2ccccc2)C2=NCCS2)cc1. The fourth-order valence-corrected chi connectivity index (χ4v) is 3.25. The third-order valence-electron chi connectivity index (χ3n) is 3.58. The molecule has 0 saturated carbocycles. The van der Waals surface area contributed by atoms with Gasteiger partial charge in [-0.1, -0.05) is 42.1 Å². The van der Waals surface area contributed by atoms with Crippen LogP contribution in [0.15, 0.2) is 59.6 Å². The minimum Gasteiger partial charge on any atom is -0.497 e. The number of carbonyl (C=O) groups excluding carboxylic acids is 1. The van der Waals surface area contributed by atoms with Gasteiger partial charge >= 0.3 is 0 Å². The third kappa shape index (κ3) is 3.74. The van der Waals surface area contributed by atoms with E-state index in [0.717, 1.165) is 34.5 Å². The number of ketones is 1. The molecule has 1 heterocycles. The second-order valence-corrected chi connectivity index (χ2v) is 6.15. The molecule has 0 unspecified atom stereocenters. The van der Waals surface area contributed by atoms with Gasteiger partial charge in [-0.2, -0.15) is 0 Å². The van der Waals surface area contributed by atoms with Crippen LogP contribution in [0.2, 0.25) is 0 Å². The first-order chi connectivity index (χ1) is 11.3. The average molecular weight is 326 g/mol.